The minimum atomic E-state index is -0.265. The van der Waals surface area contributed by atoms with Gasteiger partial charge in [-0.25, -0.2) is 9.78 Å². The molecule has 2 aromatic heterocycles. The van der Waals surface area contributed by atoms with Gasteiger partial charge in [0.05, 0.1) is 17.7 Å². The van der Waals surface area contributed by atoms with Gasteiger partial charge in [0.25, 0.3) is 0 Å². The second-order valence-corrected chi connectivity index (χ2v) is 7.67. The van der Waals surface area contributed by atoms with E-state index in [-0.39, 0.29) is 12.1 Å². The summed E-state index contributed by atoms with van der Waals surface area (Å²) in [5.41, 5.74) is 4.89. The highest BCUT2D eigenvalue weighted by Gasteiger charge is 2.35. The number of amides is 2. The predicted molar refractivity (Wildman–Crippen MR) is 111 cm³/mol. The third-order valence-corrected chi connectivity index (χ3v) is 5.89. The molecule has 5 rings (SSSR count). The number of aryl methyl sites for hydroxylation is 1. The Kier molecular flexibility index (Phi) is 4.46. The van der Waals surface area contributed by atoms with Crippen molar-refractivity contribution >= 4 is 17.4 Å². The molecule has 0 bridgehead atoms. The lowest BCUT2D eigenvalue weighted by atomic mass is 10.00. The monoisotopic (exact) mass is 391 g/mol. The van der Waals surface area contributed by atoms with Crippen molar-refractivity contribution in [3.8, 4) is 0 Å². The van der Waals surface area contributed by atoms with Gasteiger partial charge >= 0.3 is 6.03 Å². The first-order valence-electron chi connectivity index (χ1n) is 10.1. The van der Waals surface area contributed by atoms with Gasteiger partial charge in [0.1, 0.15) is 6.04 Å². The Morgan fingerprint density at radius 2 is 2.07 bits per heavy atom. The summed E-state index contributed by atoms with van der Waals surface area (Å²) in [6.07, 6.45) is 6.66. The Bertz CT molecular complexity index is 1020. The number of hydrogen-bond donors (Lipinski definition) is 2. The first-order chi connectivity index (χ1) is 14.2. The van der Waals surface area contributed by atoms with Gasteiger partial charge in [-0.05, 0) is 37.1 Å². The van der Waals surface area contributed by atoms with Gasteiger partial charge in [-0.1, -0.05) is 6.07 Å². The quantitative estimate of drug-likeness (QED) is 0.719. The molecule has 1 unspecified atom stereocenters. The third-order valence-electron chi connectivity index (χ3n) is 5.89. The summed E-state index contributed by atoms with van der Waals surface area (Å²) in [7, 11) is 1.89. The highest BCUT2D eigenvalue weighted by atomic mass is 16.2. The van der Waals surface area contributed by atoms with Crippen LogP contribution in [0.15, 0.2) is 42.9 Å². The molecule has 1 saturated heterocycles. The first kappa shape index (κ1) is 17.8. The molecular formula is C21H25N7O. The van der Waals surface area contributed by atoms with Crippen LogP contribution in [0, 0.1) is 0 Å². The van der Waals surface area contributed by atoms with E-state index in [0.29, 0.717) is 6.54 Å². The molecule has 2 aliphatic rings. The number of urea groups is 1. The Hall–Kier alpha value is -3.29. The summed E-state index contributed by atoms with van der Waals surface area (Å²) in [6.45, 7) is 2.77. The van der Waals surface area contributed by atoms with E-state index < -0.39 is 0 Å². The molecule has 0 radical (unpaired) electrons. The molecule has 29 heavy (non-hydrogen) atoms. The van der Waals surface area contributed by atoms with Crippen molar-refractivity contribution in [3.63, 3.8) is 0 Å². The molecule has 2 N–H and O–H groups in total. The van der Waals surface area contributed by atoms with Gasteiger partial charge in [-0.2, -0.15) is 5.10 Å². The molecule has 4 heterocycles. The van der Waals surface area contributed by atoms with Crippen LogP contribution in [-0.4, -0.2) is 50.3 Å². The van der Waals surface area contributed by atoms with E-state index >= 15 is 0 Å². The average Bonchev–Trinajstić information content (AvgIpc) is 3.49. The zero-order chi connectivity index (χ0) is 19.8. The lowest BCUT2D eigenvalue weighted by Gasteiger charge is -2.35. The Morgan fingerprint density at radius 3 is 2.86 bits per heavy atom. The first-order valence-corrected chi connectivity index (χ1v) is 10.1. The summed E-state index contributed by atoms with van der Waals surface area (Å²) in [5, 5.41) is 7.40. The maximum absolute atomic E-state index is 13.3. The van der Waals surface area contributed by atoms with Gasteiger partial charge in [0.2, 0.25) is 0 Å². The van der Waals surface area contributed by atoms with Gasteiger partial charge in [-0.15, -0.1) is 0 Å². The van der Waals surface area contributed by atoms with Gasteiger partial charge < -0.3 is 20.1 Å². The summed E-state index contributed by atoms with van der Waals surface area (Å²) >= 11 is 0. The van der Waals surface area contributed by atoms with Crippen LogP contribution in [0.1, 0.15) is 36.0 Å². The third kappa shape index (κ3) is 3.24. The molecule has 0 spiro atoms. The van der Waals surface area contributed by atoms with Crippen LogP contribution < -0.4 is 10.2 Å². The Morgan fingerprint density at radius 1 is 1.21 bits per heavy atom. The number of rotatable bonds is 3. The average molecular weight is 391 g/mol. The summed E-state index contributed by atoms with van der Waals surface area (Å²) in [4.78, 5) is 25.2. The summed E-state index contributed by atoms with van der Waals surface area (Å²) < 4.78 is 1.81. The fraction of sp³-hybridized carbons (Fsp3) is 0.381. The predicted octanol–water partition coefficient (Wildman–Crippen LogP) is 2.92. The Labute approximate surface area is 169 Å². The maximum Gasteiger partial charge on any atom is 0.322 e. The molecule has 8 heteroatoms. The molecule has 0 saturated carbocycles. The van der Waals surface area contributed by atoms with Crippen LogP contribution in [-0.2, 0) is 13.5 Å². The van der Waals surface area contributed by atoms with E-state index in [1.54, 1.807) is 12.5 Å². The van der Waals surface area contributed by atoms with Crippen LogP contribution in [0.3, 0.4) is 0 Å². The SMILES string of the molecule is Cn1nccc1C1c2nc[nH]c2CCN1C(=O)Nc1cccc(N2CCCC2)c1. The molecule has 2 aliphatic heterocycles. The normalized spacial score (nSPS) is 18.7. The number of carbonyl (C=O) groups excluding carboxylic acids is 1. The minimum Gasteiger partial charge on any atom is -0.371 e. The highest BCUT2D eigenvalue weighted by Crippen LogP contribution is 2.33. The lowest BCUT2D eigenvalue weighted by molar-refractivity contribution is 0.190. The van der Waals surface area contributed by atoms with Crippen molar-refractivity contribution in [2.24, 2.45) is 7.05 Å². The summed E-state index contributed by atoms with van der Waals surface area (Å²) in [5.74, 6) is 0. The molecule has 3 aromatic rings. The molecule has 1 fully saturated rings. The van der Waals surface area contributed by atoms with E-state index in [1.807, 2.05) is 34.8 Å². The topological polar surface area (TPSA) is 82.1 Å². The highest BCUT2D eigenvalue weighted by molar-refractivity contribution is 5.90. The second-order valence-electron chi connectivity index (χ2n) is 7.67. The van der Waals surface area contributed by atoms with Crippen molar-refractivity contribution in [1.29, 1.82) is 0 Å². The molecule has 2 amide bonds. The van der Waals surface area contributed by atoms with E-state index in [4.69, 9.17) is 0 Å². The molecule has 1 aromatic carbocycles. The zero-order valence-corrected chi connectivity index (χ0v) is 16.5. The van der Waals surface area contributed by atoms with Crippen LogP contribution in [0.4, 0.5) is 16.2 Å². The van der Waals surface area contributed by atoms with Crippen molar-refractivity contribution < 1.29 is 4.79 Å². The van der Waals surface area contributed by atoms with E-state index in [1.165, 1.54) is 12.8 Å². The van der Waals surface area contributed by atoms with Crippen LogP contribution >= 0.6 is 0 Å². The largest absolute Gasteiger partial charge is 0.371 e. The molecule has 1 atom stereocenters. The number of H-pyrrole nitrogens is 1. The fourth-order valence-corrected chi connectivity index (χ4v) is 4.40. The fourth-order valence-electron chi connectivity index (χ4n) is 4.40. The Balaban J connectivity index is 1.41. The van der Waals surface area contributed by atoms with Crippen LogP contribution in [0.2, 0.25) is 0 Å². The van der Waals surface area contributed by atoms with Crippen molar-refractivity contribution in [2.45, 2.75) is 25.3 Å². The number of benzene rings is 1. The van der Waals surface area contributed by atoms with Crippen LogP contribution in [0.5, 0.6) is 0 Å². The molecule has 8 nitrogen and oxygen atoms in total. The number of anilines is 2. The van der Waals surface area contributed by atoms with Gasteiger partial charge in [0, 0.05) is 56.4 Å². The molecule has 0 aliphatic carbocycles. The van der Waals surface area contributed by atoms with Gasteiger partial charge in [0.15, 0.2) is 0 Å². The number of nitrogens with one attached hydrogen (secondary N) is 2. The van der Waals surface area contributed by atoms with Gasteiger partial charge in [-0.3, -0.25) is 4.68 Å². The minimum absolute atomic E-state index is 0.122. The lowest BCUT2D eigenvalue weighted by Crippen LogP contribution is -2.43. The molecule has 150 valence electrons. The number of fused-ring (bicyclic) bond motifs is 1. The number of carbonyl (C=O) groups is 1. The summed E-state index contributed by atoms with van der Waals surface area (Å²) in [6, 6.07) is 9.68. The number of hydrogen-bond acceptors (Lipinski definition) is 4. The van der Waals surface area contributed by atoms with E-state index in [0.717, 1.165) is 48.0 Å². The maximum atomic E-state index is 13.3. The van der Waals surface area contributed by atoms with Crippen molar-refractivity contribution in [2.75, 3.05) is 29.9 Å². The number of aromatic amines is 1. The van der Waals surface area contributed by atoms with E-state index in [9.17, 15) is 4.79 Å². The van der Waals surface area contributed by atoms with Crippen molar-refractivity contribution in [3.05, 3.63) is 59.9 Å². The van der Waals surface area contributed by atoms with Crippen molar-refractivity contribution in [1.82, 2.24) is 24.6 Å². The second kappa shape index (κ2) is 7.27. The number of nitrogens with zero attached hydrogens (tertiary/aromatic N) is 5. The number of imidazole rings is 1. The molecular weight excluding hydrogens is 366 g/mol. The standard InChI is InChI=1S/C21H25N7O/c1-26-18(7-9-24-26)20-19-17(22-14-23-19)8-12-28(20)21(29)25-15-5-4-6-16(13-15)27-10-2-3-11-27/h4-7,9,13-14,20H,2-3,8,10-12H2,1H3,(H,22,23)(H,25,29). The smallest absolute Gasteiger partial charge is 0.322 e. The van der Waals surface area contributed by atoms with Crippen LogP contribution in [0.25, 0.3) is 0 Å². The van der Waals surface area contributed by atoms with E-state index in [2.05, 4.69) is 37.4 Å². The zero-order valence-electron chi connectivity index (χ0n) is 16.5. The number of aromatic nitrogens is 4.